The molecule has 2 rings (SSSR count). The zero-order valence-electron chi connectivity index (χ0n) is 9.34. The summed E-state index contributed by atoms with van der Waals surface area (Å²) in [5.41, 5.74) is 5.83. The fourth-order valence-electron chi connectivity index (χ4n) is 1.35. The Morgan fingerprint density at radius 1 is 1.65 bits per heavy atom. The molecule has 0 bridgehead atoms. The van der Waals surface area contributed by atoms with Crippen LogP contribution in [0, 0.1) is 6.92 Å². The SMILES string of the molecule is Cc1cnc(CNC(=O)C(N)c2cccs2)s1. The van der Waals surface area contributed by atoms with Crippen molar-refractivity contribution in [2.24, 2.45) is 5.73 Å². The van der Waals surface area contributed by atoms with Crippen LogP contribution in [0.4, 0.5) is 0 Å². The van der Waals surface area contributed by atoms with Crippen LogP contribution in [0.25, 0.3) is 0 Å². The number of carbonyl (C=O) groups excluding carboxylic acids is 1. The van der Waals surface area contributed by atoms with Gasteiger partial charge in [-0.2, -0.15) is 0 Å². The van der Waals surface area contributed by atoms with Gasteiger partial charge in [-0.05, 0) is 18.4 Å². The van der Waals surface area contributed by atoms with Gasteiger partial charge >= 0.3 is 0 Å². The Labute approximate surface area is 107 Å². The number of thiazole rings is 1. The molecule has 0 spiro atoms. The van der Waals surface area contributed by atoms with Gasteiger partial charge in [-0.3, -0.25) is 4.79 Å². The summed E-state index contributed by atoms with van der Waals surface area (Å²) in [6, 6.07) is 3.16. The third kappa shape index (κ3) is 3.12. The van der Waals surface area contributed by atoms with Crippen LogP contribution in [0.5, 0.6) is 0 Å². The van der Waals surface area contributed by atoms with Crippen LogP contribution in [-0.2, 0) is 11.3 Å². The van der Waals surface area contributed by atoms with E-state index in [1.165, 1.54) is 11.3 Å². The van der Waals surface area contributed by atoms with E-state index >= 15 is 0 Å². The smallest absolute Gasteiger partial charge is 0.242 e. The molecule has 0 aliphatic carbocycles. The Bertz CT molecular complexity index is 493. The lowest BCUT2D eigenvalue weighted by molar-refractivity contribution is -0.122. The molecule has 0 aromatic carbocycles. The van der Waals surface area contributed by atoms with E-state index in [4.69, 9.17) is 5.73 Å². The third-order valence-corrected chi connectivity index (χ3v) is 4.08. The minimum atomic E-state index is -0.587. The maximum atomic E-state index is 11.8. The second-order valence-corrected chi connectivity index (χ2v) is 5.87. The van der Waals surface area contributed by atoms with Crippen molar-refractivity contribution in [1.82, 2.24) is 10.3 Å². The summed E-state index contributed by atoms with van der Waals surface area (Å²) >= 11 is 3.06. The molecule has 2 heterocycles. The number of nitrogens with zero attached hydrogens (tertiary/aromatic N) is 1. The standard InChI is InChI=1S/C11H13N3OS2/c1-7-5-13-9(17-7)6-14-11(15)10(12)8-3-2-4-16-8/h2-5,10H,6,12H2,1H3,(H,14,15). The van der Waals surface area contributed by atoms with E-state index in [1.807, 2.05) is 24.4 Å². The fourth-order valence-corrected chi connectivity index (χ4v) is 2.81. The summed E-state index contributed by atoms with van der Waals surface area (Å²) < 4.78 is 0. The summed E-state index contributed by atoms with van der Waals surface area (Å²) in [4.78, 5) is 18.0. The highest BCUT2D eigenvalue weighted by molar-refractivity contribution is 7.11. The molecule has 4 nitrogen and oxygen atoms in total. The van der Waals surface area contributed by atoms with Gasteiger partial charge in [-0.15, -0.1) is 22.7 Å². The number of hydrogen-bond acceptors (Lipinski definition) is 5. The van der Waals surface area contributed by atoms with Gasteiger partial charge in [0.1, 0.15) is 11.0 Å². The van der Waals surface area contributed by atoms with Crippen molar-refractivity contribution in [2.75, 3.05) is 0 Å². The molecule has 0 saturated heterocycles. The lowest BCUT2D eigenvalue weighted by atomic mass is 10.2. The number of amides is 1. The van der Waals surface area contributed by atoms with Gasteiger partial charge in [0.15, 0.2) is 0 Å². The van der Waals surface area contributed by atoms with E-state index < -0.39 is 6.04 Å². The summed E-state index contributed by atoms with van der Waals surface area (Å²) in [6.45, 7) is 2.43. The number of nitrogens with one attached hydrogen (secondary N) is 1. The number of hydrogen-bond donors (Lipinski definition) is 2. The van der Waals surface area contributed by atoms with Gasteiger partial charge in [0.25, 0.3) is 0 Å². The van der Waals surface area contributed by atoms with Gasteiger partial charge in [0.05, 0.1) is 6.54 Å². The number of thiophene rings is 1. The largest absolute Gasteiger partial charge is 0.348 e. The van der Waals surface area contributed by atoms with Crippen LogP contribution in [0.2, 0.25) is 0 Å². The van der Waals surface area contributed by atoms with Crippen molar-refractivity contribution < 1.29 is 4.79 Å². The van der Waals surface area contributed by atoms with E-state index in [9.17, 15) is 4.79 Å². The molecule has 2 aromatic rings. The topological polar surface area (TPSA) is 68.0 Å². The lowest BCUT2D eigenvalue weighted by Crippen LogP contribution is -2.33. The minimum Gasteiger partial charge on any atom is -0.348 e. The molecule has 17 heavy (non-hydrogen) atoms. The first kappa shape index (κ1) is 12.2. The Morgan fingerprint density at radius 3 is 3.06 bits per heavy atom. The molecule has 1 atom stereocenters. The summed E-state index contributed by atoms with van der Waals surface area (Å²) in [5.74, 6) is -0.166. The molecule has 1 unspecified atom stereocenters. The van der Waals surface area contributed by atoms with Crippen molar-refractivity contribution in [2.45, 2.75) is 19.5 Å². The van der Waals surface area contributed by atoms with Crippen molar-refractivity contribution in [3.63, 3.8) is 0 Å². The van der Waals surface area contributed by atoms with Crippen molar-refractivity contribution in [3.05, 3.63) is 38.5 Å². The van der Waals surface area contributed by atoms with Crippen molar-refractivity contribution in [3.8, 4) is 0 Å². The van der Waals surface area contributed by atoms with Gasteiger partial charge in [-0.1, -0.05) is 6.07 Å². The van der Waals surface area contributed by atoms with Gasteiger partial charge < -0.3 is 11.1 Å². The van der Waals surface area contributed by atoms with Gasteiger partial charge in [-0.25, -0.2) is 4.98 Å². The normalized spacial score (nSPS) is 12.4. The number of rotatable bonds is 4. The first-order valence-corrected chi connectivity index (χ1v) is 6.84. The maximum Gasteiger partial charge on any atom is 0.242 e. The molecule has 0 radical (unpaired) electrons. The van der Waals surface area contributed by atoms with Crippen LogP contribution in [0.15, 0.2) is 23.7 Å². The Hall–Kier alpha value is -1.24. The Morgan fingerprint density at radius 2 is 2.47 bits per heavy atom. The highest BCUT2D eigenvalue weighted by Crippen LogP contribution is 2.17. The number of aromatic nitrogens is 1. The van der Waals surface area contributed by atoms with E-state index in [-0.39, 0.29) is 5.91 Å². The minimum absolute atomic E-state index is 0.166. The lowest BCUT2D eigenvalue weighted by Gasteiger charge is -2.09. The van der Waals surface area contributed by atoms with Crippen molar-refractivity contribution in [1.29, 1.82) is 0 Å². The number of carbonyl (C=O) groups is 1. The Balaban J connectivity index is 1.89. The second-order valence-electron chi connectivity index (χ2n) is 3.58. The molecular formula is C11H13N3OS2. The van der Waals surface area contributed by atoms with Crippen LogP contribution >= 0.6 is 22.7 Å². The zero-order chi connectivity index (χ0) is 12.3. The maximum absolute atomic E-state index is 11.8. The van der Waals surface area contributed by atoms with E-state index in [2.05, 4.69) is 10.3 Å². The molecule has 3 N–H and O–H groups in total. The summed E-state index contributed by atoms with van der Waals surface area (Å²) in [6.07, 6.45) is 1.80. The van der Waals surface area contributed by atoms with Crippen LogP contribution < -0.4 is 11.1 Å². The molecule has 90 valence electrons. The predicted octanol–water partition coefficient (Wildman–Crippen LogP) is 1.83. The predicted molar refractivity (Wildman–Crippen MR) is 69.9 cm³/mol. The monoisotopic (exact) mass is 267 g/mol. The average Bonchev–Trinajstić information content (AvgIpc) is 2.95. The fraction of sp³-hybridized carbons (Fsp3) is 0.273. The van der Waals surface area contributed by atoms with Gasteiger partial charge in [0, 0.05) is 16.0 Å². The number of aryl methyl sites for hydroxylation is 1. The molecule has 2 aromatic heterocycles. The van der Waals surface area contributed by atoms with E-state index in [1.54, 1.807) is 17.5 Å². The van der Waals surface area contributed by atoms with E-state index in [0.717, 1.165) is 14.8 Å². The van der Waals surface area contributed by atoms with Gasteiger partial charge in [0.2, 0.25) is 5.91 Å². The highest BCUT2D eigenvalue weighted by Gasteiger charge is 2.16. The summed E-state index contributed by atoms with van der Waals surface area (Å²) in [5, 5.41) is 5.60. The average molecular weight is 267 g/mol. The number of nitrogens with two attached hydrogens (primary N) is 1. The zero-order valence-corrected chi connectivity index (χ0v) is 11.0. The van der Waals surface area contributed by atoms with Crippen molar-refractivity contribution >= 4 is 28.6 Å². The molecule has 0 aliphatic heterocycles. The Kier molecular flexibility index (Phi) is 3.88. The molecule has 0 aliphatic rings. The van der Waals surface area contributed by atoms with Crippen LogP contribution in [0.3, 0.4) is 0 Å². The third-order valence-electron chi connectivity index (χ3n) is 2.22. The molecule has 0 saturated carbocycles. The second kappa shape index (κ2) is 5.39. The summed E-state index contributed by atoms with van der Waals surface area (Å²) in [7, 11) is 0. The van der Waals surface area contributed by atoms with Crippen LogP contribution in [0.1, 0.15) is 20.8 Å². The first-order valence-electron chi connectivity index (χ1n) is 5.15. The molecular weight excluding hydrogens is 254 g/mol. The molecule has 6 heteroatoms. The first-order chi connectivity index (χ1) is 8.16. The van der Waals surface area contributed by atoms with E-state index in [0.29, 0.717) is 6.54 Å². The molecule has 1 amide bonds. The molecule has 0 fully saturated rings. The highest BCUT2D eigenvalue weighted by atomic mass is 32.1. The quantitative estimate of drug-likeness (QED) is 0.888. The van der Waals surface area contributed by atoms with Crippen LogP contribution in [-0.4, -0.2) is 10.9 Å².